The molecule has 2 aliphatic carbocycles. The van der Waals surface area contributed by atoms with Crippen molar-refractivity contribution < 1.29 is 12.9 Å². The molecule has 2 fully saturated rings. The Kier molecular flexibility index (Phi) is 4.10. The van der Waals surface area contributed by atoms with Crippen molar-refractivity contribution in [1.82, 2.24) is 9.88 Å². The van der Waals surface area contributed by atoms with E-state index in [1.54, 1.807) is 6.07 Å². The molecule has 7 heteroatoms. The second-order valence-electron chi connectivity index (χ2n) is 7.21. The van der Waals surface area contributed by atoms with Crippen LogP contribution in [0.3, 0.4) is 0 Å². The van der Waals surface area contributed by atoms with Crippen LogP contribution in [-0.4, -0.2) is 25.7 Å². The quantitative estimate of drug-likeness (QED) is 0.881. The minimum Gasteiger partial charge on any atom is -0.356 e. The number of rotatable bonds is 4. The van der Waals surface area contributed by atoms with Crippen LogP contribution >= 0.6 is 0 Å². The minimum atomic E-state index is -3.47. The standard InChI is InChI=1S/C17H23N3O3S/c18-13-8-11-4-3-5-12(9-13)17(11)20-24(21,22)10-15-14-6-1-2-7-16(14)23-19-15/h1-2,6-7,11-13,17,20H,3-5,8-10,18H2. The molecule has 0 saturated heterocycles. The van der Waals surface area contributed by atoms with E-state index in [9.17, 15) is 8.42 Å². The number of benzene rings is 1. The fourth-order valence-electron chi connectivity index (χ4n) is 4.45. The van der Waals surface area contributed by atoms with Crippen LogP contribution in [0.4, 0.5) is 0 Å². The van der Waals surface area contributed by atoms with Gasteiger partial charge in [0.05, 0.1) is 0 Å². The van der Waals surface area contributed by atoms with Crippen molar-refractivity contribution in [3.05, 3.63) is 30.0 Å². The zero-order chi connectivity index (χ0) is 16.7. The predicted octanol–water partition coefficient (Wildman–Crippen LogP) is 2.15. The van der Waals surface area contributed by atoms with Crippen LogP contribution in [0.2, 0.25) is 0 Å². The van der Waals surface area contributed by atoms with Crippen LogP contribution in [0.25, 0.3) is 11.0 Å². The SMILES string of the molecule is NC1CC2CCCC(C1)C2NS(=O)(=O)Cc1noc2ccccc12. The Morgan fingerprint density at radius 2 is 1.92 bits per heavy atom. The van der Waals surface area contributed by atoms with Crippen LogP contribution < -0.4 is 10.5 Å². The van der Waals surface area contributed by atoms with Gasteiger partial charge in [0.15, 0.2) is 5.58 Å². The zero-order valence-electron chi connectivity index (χ0n) is 13.5. The largest absolute Gasteiger partial charge is 0.356 e. The van der Waals surface area contributed by atoms with E-state index >= 15 is 0 Å². The number of nitrogens with one attached hydrogen (secondary N) is 1. The average molecular weight is 349 g/mol. The Balaban J connectivity index is 1.53. The van der Waals surface area contributed by atoms with E-state index in [4.69, 9.17) is 10.3 Å². The lowest BCUT2D eigenvalue weighted by atomic mass is 9.67. The molecule has 1 aromatic carbocycles. The monoisotopic (exact) mass is 349 g/mol. The van der Waals surface area contributed by atoms with Gasteiger partial charge in [-0.15, -0.1) is 0 Å². The number of para-hydroxylation sites is 1. The number of aromatic nitrogens is 1. The highest BCUT2D eigenvalue weighted by atomic mass is 32.2. The third-order valence-corrected chi connectivity index (χ3v) is 6.76. The van der Waals surface area contributed by atoms with E-state index in [2.05, 4.69) is 9.88 Å². The number of sulfonamides is 1. The maximum Gasteiger partial charge on any atom is 0.217 e. The molecule has 4 rings (SSSR count). The molecule has 0 amide bonds. The molecule has 0 radical (unpaired) electrons. The number of fused-ring (bicyclic) bond motifs is 3. The fourth-order valence-corrected chi connectivity index (χ4v) is 5.90. The number of nitrogens with two attached hydrogens (primary N) is 1. The first kappa shape index (κ1) is 16.1. The minimum absolute atomic E-state index is 0.0155. The molecule has 2 atom stereocenters. The van der Waals surface area contributed by atoms with Crippen molar-refractivity contribution in [3.63, 3.8) is 0 Å². The molecule has 24 heavy (non-hydrogen) atoms. The average Bonchev–Trinajstić information content (AvgIpc) is 2.91. The molecule has 3 N–H and O–H groups in total. The number of hydrogen-bond donors (Lipinski definition) is 2. The molecule has 1 heterocycles. The molecule has 2 saturated carbocycles. The van der Waals surface area contributed by atoms with Crippen LogP contribution in [-0.2, 0) is 15.8 Å². The molecule has 1 aromatic heterocycles. The summed E-state index contributed by atoms with van der Waals surface area (Å²) in [4.78, 5) is 0. The van der Waals surface area contributed by atoms with Crippen molar-refractivity contribution in [1.29, 1.82) is 0 Å². The summed E-state index contributed by atoms with van der Waals surface area (Å²) in [6, 6.07) is 7.55. The third kappa shape index (κ3) is 3.08. The first-order valence-corrected chi connectivity index (χ1v) is 10.3. The van der Waals surface area contributed by atoms with Gasteiger partial charge in [-0.3, -0.25) is 0 Å². The van der Waals surface area contributed by atoms with Gasteiger partial charge in [0.1, 0.15) is 11.4 Å². The molecule has 0 aliphatic heterocycles. The maximum absolute atomic E-state index is 12.7. The summed E-state index contributed by atoms with van der Waals surface area (Å²) in [6.45, 7) is 0. The molecule has 0 spiro atoms. The Bertz CT molecular complexity index is 818. The van der Waals surface area contributed by atoms with Crippen molar-refractivity contribution >= 4 is 21.0 Å². The predicted molar refractivity (Wildman–Crippen MR) is 91.6 cm³/mol. The second kappa shape index (κ2) is 6.13. The zero-order valence-corrected chi connectivity index (χ0v) is 14.3. The molecule has 2 aromatic rings. The van der Waals surface area contributed by atoms with Crippen molar-refractivity contribution in [2.75, 3.05) is 0 Å². The number of nitrogens with zero attached hydrogens (tertiary/aromatic N) is 1. The van der Waals surface area contributed by atoms with Gasteiger partial charge < -0.3 is 10.3 Å². The van der Waals surface area contributed by atoms with E-state index in [-0.39, 0.29) is 17.8 Å². The lowest BCUT2D eigenvalue weighted by Crippen LogP contribution is -2.53. The van der Waals surface area contributed by atoms with E-state index in [1.165, 1.54) is 6.42 Å². The van der Waals surface area contributed by atoms with Crippen molar-refractivity contribution in [2.45, 2.75) is 49.9 Å². The highest BCUT2D eigenvalue weighted by Crippen LogP contribution is 2.40. The second-order valence-corrected chi connectivity index (χ2v) is 8.96. The first-order valence-electron chi connectivity index (χ1n) is 8.61. The van der Waals surface area contributed by atoms with E-state index in [0.29, 0.717) is 23.1 Å². The fraction of sp³-hybridized carbons (Fsp3) is 0.588. The molecule has 2 unspecified atom stereocenters. The summed E-state index contributed by atoms with van der Waals surface area (Å²) in [5.41, 5.74) is 7.21. The van der Waals surface area contributed by atoms with E-state index in [0.717, 1.165) is 31.1 Å². The van der Waals surface area contributed by atoms with Crippen LogP contribution in [0.5, 0.6) is 0 Å². The van der Waals surface area contributed by atoms with Gasteiger partial charge in [-0.2, -0.15) is 0 Å². The topological polar surface area (TPSA) is 98.2 Å². The van der Waals surface area contributed by atoms with Gasteiger partial charge in [0, 0.05) is 17.5 Å². The van der Waals surface area contributed by atoms with Gasteiger partial charge in [-0.05, 0) is 49.7 Å². The van der Waals surface area contributed by atoms with Crippen molar-refractivity contribution in [2.24, 2.45) is 17.6 Å². The molecule has 6 nitrogen and oxygen atoms in total. The van der Waals surface area contributed by atoms with Gasteiger partial charge in [-0.25, -0.2) is 13.1 Å². The summed E-state index contributed by atoms with van der Waals surface area (Å²) in [6.07, 6.45) is 5.12. The highest BCUT2D eigenvalue weighted by Gasteiger charge is 2.41. The lowest BCUT2D eigenvalue weighted by molar-refractivity contribution is 0.125. The van der Waals surface area contributed by atoms with Gasteiger partial charge >= 0.3 is 0 Å². The summed E-state index contributed by atoms with van der Waals surface area (Å²) in [7, 11) is -3.47. The highest BCUT2D eigenvalue weighted by molar-refractivity contribution is 7.88. The van der Waals surface area contributed by atoms with Crippen LogP contribution in [0.15, 0.2) is 28.8 Å². The van der Waals surface area contributed by atoms with E-state index in [1.807, 2.05) is 18.2 Å². The Morgan fingerprint density at radius 3 is 2.67 bits per heavy atom. The summed E-state index contributed by atoms with van der Waals surface area (Å²) in [5, 5.41) is 4.70. The Labute approximate surface area is 141 Å². The lowest BCUT2D eigenvalue weighted by Gasteiger charge is -2.44. The molecule has 2 bridgehead atoms. The Morgan fingerprint density at radius 1 is 1.21 bits per heavy atom. The van der Waals surface area contributed by atoms with Crippen molar-refractivity contribution in [3.8, 4) is 0 Å². The molecular weight excluding hydrogens is 326 g/mol. The smallest absolute Gasteiger partial charge is 0.217 e. The van der Waals surface area contributed by atoms with Crippen LogP contribution in [0, 0.1) is 11.8 Å². The van der Waals surface area contributed by atoms with E-state index < -0.39 is 10.0 Å². The van der Waals surface area contributed by atoms with Gasteiger partial charge in [0.25, 0.3) is 0 Å². The van der Waals surface area contributed by atoms with Gasteiger partial charge in [0.2, 0.25) is 10.0 Å². The van der Waals surface area contributed by atoms with Crippen LogP contribution in [0.1, 0.15) is 37.8 Å². The summed E-state index contributed by atoms with van der Waals surface area (Å²) < 4.78 is 33.6. The molecule has 130 valence electrons. The molecular formula is C17H23N3O3S. The summed E-state index contributed by atoms with van der Waals surface area (Å²) >= 11 is 0. The van der Waals surface area contributed by atoms with Gasteiger partial charge in [-0.1, -0.05) is 23.7 Å². The normalized spacial score (nSPS) is 30.5. The summed E-state index contributed by atoms with van der Waals surface area (Å²) in [5.74, 6) is 0.569. The maximum atomic E-state index is 12.7. The number of hydrogen-bond acceptors (Lipinski definition) is 5. The molecule has 2 aliphatic rings. The third-order valence-electron chi connectivity index (χ3n) is 5.47. The first-order chi connectivity index (χ1) is 11.5. The Hall–Kier alpha value is -1.44.